The molecule has 1 aromatic heterocycles. The van der Waals surface area contributed by atoms with Crippen molar-refractivity contribution in [3.05, 3.63) is 116 Å². The first-order chi connectivity index (χ1) is 16.2. The van der Waals surface area contributed by atoms with Crippen LogP contribution in [-0.2, 0) is 17.7 Å². The van der Waals surface area contributed by atoms with Gasteiger partial charge in [0.1, 0.15) is 5.82 Å². The Balaban J connectivity index is 1.81. The van der Waals surface area contributed by atoms with E-state index in [2.05, 4.69) is 18.1 Å². The summed E-state index contributed by atoms with van der Waals surface area (Å²) in [6.45, 7) is 6.89. The second kappa shape index (κ2) is 10.5. The molecular formula is C26H21Cl4FN2S. The third-order valence-corrected chi connectivity index (χ3v) is 8.18. The Labute approximate surface area is 223 Å². The number of aromatic nitrogens is 2. The van der Waals surface area contributed by atoms with Crippen molar-refractivity contribution >= 4 is 58.2 Å². The SMILES string of the molecule is C=C1/C=C(Cl)\C=C/Cn2c(cnc2SCc2c(F)cccc2Cl)C(C)(c2ccc(Cl)c(Cl)c2)C1. The first-order valence-electron chi connectivity index (χ1n) is 10.5. The largest absolute Gasteiger partial charge is 0.318 e. The molecule has 34 heavy (non-hydrogen) atoms. The number of fused-ring (bicyclic) bond motifs is 1. The Morgan fingerprint density at radius 2 is 1.91 bits per heavy atom. The summed E-state index contributed by atoms with van der Waals surface area (Å²) in [4.78, 5) is 4.71. The van der Waals surface area contributed by atoms with Crippen LogP contribution >= 0.6 is 58.2 Å². The lowest BCUT2D eigenvalue weighted by Crippen LogP contribution is -2.28. The standard InChI is InChI=1S/C26H21Cl4FN2S/c1-16-11-18(27)5-4-10-33-24(26(2,13-16)17-8-9-21(29)22(30)12-17)14-32-25(33)34-15-19-20(28)6-3-7-23(19)31/h3-9,11-12,14H,1,10,13,15H2,2H3/b5-4-,18-11+. The van der Waals surface area contributed by atoms with Crippen LogP contribution in [0.25, 0.3) is 0 Å². The monoisotopic (exact) mass is 552 g/mol. The van der Waals surface area contributed by atoms with Gasteiger partial charge in [-0.15, -0.1) is 0 Å². The fraction of sp³-hybridized carbons (Fsp3) is 0.192. The summed E-state index contributed by atoms with van der Waals surface area (Å²) in [5.41, 5.74) is 2.75. The molecule has 0 N–H and O–H groups in total. The van der Waals surface area contributed by atoms with Gasteiger partial charge in [0, 0.05) is 39.0 Å². The maximum atomic E-state index is 14.3. The number of thioether (sulfide) groups is 1. The van der Waals surface area contributed by atoms with E-state index in [1.807, 2.05) is 36.6 Å². The highest BCUT2D eigenvalue weighted by Crippen LogP contribution is 2.42. The Morgan fingerprint density at radius 1 is 1.12 bits per heavy atom. The molecule has 0 radical (unpaired) electrons. The van der Waals surface area contributed by atoms with Gasteiger partial charge in [-0.25, -0.2) is 9.37 Å². The van der Waals surface area contributed by atoms with Gasteiger partial charge in [-0.3, -0.25) is 0 Å². The van der Waals surface area contributed by atoms with E-state index in [-0.39, 0.29) is 5.82 Å². The maximum absolute atomic E-state index is 14.3. The zero-order chi connectivity index (χ0) is 24.5. The van der Waals surface area contributed by atoms with Crippen molar-refractivity contribution < 1.29 is 4.39 Å². The smallest absolute Gasteiger partial charge is 0.168 e. The minimum atomic E-state index is -0.522. The van der Waals surface area contributed by atoms with E-state index >= 15 is 0 Å². The molecule has 2 heterocycles. The quantitative estimate of drug-likeness (QED) is 0.299. The van der Waals surface area contributed by atoms with Crippen LogP contribution in [0.2, 0.25) is 15.1 Å². The molecule has 0 saturated carbocycles. The highest BCUT2D eigenvalue weighted by molar-refractivity contribution is 7.98. The average molecular weight is 554 g/mol. The van der Waals surface area contributed by atoms with E-state index in [1.165, 1.54) is 17.8 Å². The predicted octanol–water partition coefficient (Wildman–Crippen LogP) is 9.22. The molecule has 2 nitrogen and oxygen atoms in total. The number of benzene rings is 2. The number of imidazole rings is 1. The molecule has 1 aliphatic heterocycles. The Bertz CT molecular complexity index is 1290. The number of nitrogens with zero attached hydrogens (tertiary/aromatic N) is 2. The Morgan fingerprint density at radius 3 is 2.65 bits per heavy atom. The topological polar surface area (TPSA) is 17.8 Å². The summed E-state index contributed by atoms with van der Waals surface area (Å²) in [6, 6.07) is 10.3. The van der Waals surface area contributed by atoms with Crippen LogP contribution in [0.5, 0.6) is 0 Å². The zero-order valence-corrected chi connectivity index (χ0v) is 22.1. The van der Waals surface area contributed by atoms with Crippen LogP contribution in [-0.4, -0.2) is 9.55 Å². The lowest BCUT2D eigenvalue weighted by atomic mass is 9.74. The van der Waals surface area contributed by atoms with Gasteiger partial charge in [-0.1, -0.05) is 88.5 Å². The minimum Gasteiger partial charge on any atom is -0.318 e. The molecule has 1 unspecified atom stereocenters. The molecule has 0 bridgehead atoms. The van der Waals surface area contributed by atoms with Crippen molar-refractivity contribution in [3.8, 4) is 0 Å². The highest BCUT2D eigenvalue weighted by Gasteiger charge is 2.34. The van der Waals surface area contributed by atoms with Crippen LogP contribution in [0.15, 0.2) is 83.2 Å². The van der Waals surface area contributed by atoms with Crippen molar-refractivity contribution in [2.45, 2.75) is 36.2 Å². The molecule has 0 spiro atoms. The van der Waals surface area contributed by atoms with Gasteiger partial charge in [0.05, 0.1) is 16.2 Å². The number of hydrogen-bond acceptors (Lipinski definition) is 2. The van der Waals surface area contributed by atoms with Crippen LogP contribution in [0.3, 0.4) is 0 Å². The van der Waals surface area contributed by atoms with E-state index in [1.54, 1.807) is 18.2 Å². The lowest BCUT2D eigenvalue weighted by Gasteiger charge is -2.32. The van der Waals surface area contributed by atoms with Crippen molar-refractivity contribution in [1.82, 2.24) is 9.55 Å². The number of allylic oxidation sites excluding steroid dienone is 5. The van der Waals surface area contributed by atoms with E-state index < -0.39 is 5.41 Å². The third kappa shape index (κ3) is 5.27. The molecule has 4 rings (SSSR count). The van der Waals surface area contributed by atoms with Crippen LogP contribution in [0, 0.1) is 5.82 Å². The zero-order valence-electron chi connectivity index (χ0n) is 18.3. The Hall–Kier alpha value is -1.69. The fourth-order valence-electron chi connectivity index (χ4n) is 4.10. The second-order valence-electron chi connectivity index (χ2n) is 8.25. The van der Waals surface area contributed by atoms with Gasteiger partial charge in [-0.05, 0) is 55.3 Å². The molecule has 0 saturated heterocycles. The number of hydrogen-bond donors (Lipinski definition) is 0. The fourth-order valence-corrected chi connectivity index (χ4v) is 5.97. The minimum absolute atomic E-state index is 0.332. The van der Waals surface area contributed by atoms with Crippen molar-refractivity contribution in [3.63, 3.8) is 0 Å². The molecular weight excluding hydrogens is 533 g/mol. The van der Waals surface area contributed by atoms with Crippen LogP contribution in [0.4, 0.5) is 4.39 Å². The van der Waals surface area contributed by atoms with Gasteiger partial charge in [-0.2, -0.15) is 0 Å². The number of halogens is 5. The summed E-state index contributed by atoms with van der Waals surface area (Å²) in [5, 5.41) is 2.71. The van der Waals surface area contributed by atoms with Gasteiger partial charge >= 0.3 is 0 Å². The van der Waals surface area contributed by atoms with Gasteiger partial charge in [0.25, 0.3) is 0 Å². The molecule has 1 atom stereocenters. The summed E-state index contributed by atoms with van der Waals surface area (Å²) >= 11 is 26.7. The maximum Gasteiger partial charge on any atom is 0.168 e. The van der Waals surface area contributed by atoms with Gasteiger partial charge < -0.3 is 4.57 Å². The summed E-state index contributed by atoms with van der Waals surface area (Å²) < 4.78 is 16.5. The highest BCUT2D eigenvalue weighted by atomic mass is 35.5. The molecule has 176 valence electrons. The van der Waals surface area contributed by atoms with E-state index in [4.69, 9.17) is 51.4 Å². The normalized spacial score (nSPS) is 21.0. The average Bonchev–Trinajstić information content (AvgIpc) is 3.18. The van der Waals surface area contributed by atoms with Crippen LogP contribution < -0.4 is 0 Å². The molecule has 0 aliphatic carbocycles. The van der Waals surface area contributed by atoms with Crippen LogP contribution in [0.1, 0.15) is 30.2 Å². The van der Waals surface area contributed by atoms with E-state index in [0.29, 0.717) is 44.4 Å². The third-order valence-electron chi connectivity index (χ3n) is 5.84. The van der Waals surface area contributed by atoms with E-state index in [9.17, 15) is 4.39 Å². The molecule has 3 aromatic rings. The molecule has 8 heteroatoms. The molecule has 0 amide bonds. The van der Waals surface area contributed by atoms with E-state index in [0.717, 1.165) is 22.0 Å². The summed E-state index contributed by atoms with van der Waals surface area (Å²) in [6.07, 6.45) is 8.14. The molecule has 0 fully saturated rings. The number of rotatable bonds is 4. The predicted molar refractivity (Wildman–Crippen MR) is 143 cm³/mol. The van der Waals surface area contributed by atoms with Gasteiger partial charge in [0.2, 0.25) is 0 Å². The Kier molecular flexibility index (Phi) is 7.85. The molecule has 2 aromatic carbocycles. The van der Waals surface area contributed by atoms with Crippen molar-refractivity contribution in [2.75, 3.05) is 0 Å². The van der Waals surface area contributed by atoms with Crippen molar-refractivity contribution in [1.29, 1.82) is 0 Å². The molecule has 1 aliphatic rings. The van der Waals surface area contributed by atoms with Crippen molar-refractivity contribution in [2.24, 2.45) is 0 Å². The second-order valence-corrected chi connectivity index (χ2v) is 10.9. The first-order valence-corrected chi connectivity index (χ1v) is 13.0. The summed E-state index contributed by atoms with van der Waals surface area (Å²) in [7, 11) is 0. The first kappa shape index (κ1) is 25.4. The van der Waals surface area contributed by atoms with Gasteiger partial charge in [0.15, 0.2) is 5.16 Å². The summed E-state index contributed by atoms with van der Waals surface area (Å²) in [5.74, 6) is 0.0178. The lowest BCUT2D eigenvalue weighted by molar-refractivity contribution is 0.508.